The third-order valence-corrected chi connectivity index (χ3v) is 3.63. The van der Waals surface area contributed by atoms with E-state index < -0.39 is 15.3 Å². The predicted molar refractivity (Wildman–Crippen MR) is 61.8 cm³/mol. The SMILES string of the molecule is C=CCC(c1ccccc1)S(=O)(=O)NN=O. The van der Waals surface area contributed by atoms with E-state index in [4.69, 9.17) is 0 Å². The molecule has 1 aromatic rings. The molecule has 0 heterocycles. The average molecular weight is 240 g/mol. The number of allylic oxidation sites excluding steroid dienone is 1. The van der Waals surface area contributed by atoms with Crippen molar-refractivity contribution in [2.24, 2.45) is 5.29 Å². The molecule has 0 fully saturated rings. The molecule has 0 aliphatic rings. The number of benzene rings is 1. The van der Waals surface area contributed by atoms with Crippen LogP contribution in [0.1, 0.15) is 17.2 Å². The van der Waals surface area contributed by atoms with Gasteiger partial charge in [0.1, 0.15) is 5.25 Å². The fourth-order valence-electron chi connectivity index (χ4n) is 1.38. The summed E-state index contributed by atoms with van der Waals surface area (Å²) in [6.45, 7) is 3.50. The summed E-state index contributed by atoms with van der Waals surface area (Å²) in [4.78, 5) is 11.6. The number of nitroso groups, excluding NO2 is 1. The van der Waals surface area contributed by atoms with Crippen LogP contribution in [0.2, 0.25) is 0 Å². The van der Waals surface area contributed by atoms with E-state index in [2.05, 4.69) is 11.9 Å². The van der Waals surface area contributed by atoms with Gasteiger partial charge in [-0.1, -0.05) is 36.4 Å². The third kappa shape index (κ3) is 2.90. The molecule has 0 aliphatic carbocycles. The highest BCUT2D eigenvalue weighted by molar-refractivity contribution is 7.89. The lowest BCUT2D eigenvalue weighted by Crippen LogP contribution is -2.24. The van der Waals surface area contributed by atoms with Crippen LogP contribution in [0.3, 0.4) is 0 Å². The number of hydrogen-bond donors (Lipinski definition) is 1. The first kappa shape index (κ1) is 12.4. The number of rotatable bonds is 6. The molecule has 1 atom stereocenters. The number of hydrogen-bond acceptors (Lipinski definition) is 4. The topological polar surface area (TPSA) is 75.6 Å². The van der Waals surface area contributed by atoms with Crippen molar-refractivity contribution in [2.45, 2.75) is 11.7 Å². The molecule has 0 saturated heterocycles. The molecule has 0 aromatic heterocycles. The Kier molecular flexibility index (Phi) is 4.19. The van der Waals surface area contributed by atoms with E-state index in [9.17, 15) is 13.3 Å². The number of nitrogens with zero attached hydrogens (tertiary/aromatic N) is 1. The molecule has 1 unspecified atom stereocenters. The second-order valence-electron chi connectivity index (χ2n) is 3.15. The minimum Gasteiger partial charge on any atom is -0.204 e. The van der Waals surface area contributed by atoms with Gasteiger partial charge in [0.25, 0.3) is 10.0 Å². The van der Waals surface area contributed by atoms with Crippen LogP contribution in [0.5, 0.6) is 0 Å². The third-order valence-electron chi connectivity index (χ3n) is 2.09. The van der Waals surface area contributed by atoms with Crippen LogP contribution in [-0.2, 0) is 10.0 Å². The first-order chi connectivity index (χ1) is 7.61. The van der Waals surface area contributed by atoms with E-state index >= 15 is 0 Å². The molecular formula is C10H12N2O3S. The van der Waals surface area contributed by atoms with Gasteiger partial charge in [-0.3, -0.25) is 0 Å². The monoisotopic (exact) mass is 240 g/mol. The Morgan fingerprint density at radius 3 is 2.50 bits per heavy atom. The maximum Gasteiger partial charge on any atom is 0.257 e. The molecule has 1 aromatic carbocycles. The van der Waals surface area contributed by atoms with Crippen molar-refractivity contribution in [2.75, 3.05) is 0 Å². The first-order valence-corrected chi connectivity index (χ1v) is 6.15. The molecule has 0 radical (unpaired) electrons. The van der Waals surface area contributed by atoms with E-state index in [0.717, 1.165) is 0 Å². The fourth-order valence-corrected chi connectivity index (χ4v) is 2.51. The molecule has 0 bridgehead atoms. The largest absolute Gasteiger partial charge is 0.257 e. The maximum atomic E-state index is 11.7. The summed E-state index contributed by atoms with van der Waals surface area (Å²) < 4.78 is 23.3. The normalized spacial score (nSPS) is 12.8. The second kappa shape index (κ2) is 5.41. The van der Waals surface area contributed by atoms with E-state index in [1.807, 2.05) is 0 Å². The summed E-state index contributed by atoms with van der Waals surface area (Å²) in [5.74, 6) is 0. The van der Waals surface area contributed by atoms with Crippen molar-refractivity contribution in [1.82, 2.24) is 4.83 Å². The summed E-state index contributed by atoms with van der Waals surface area (Å²) in [5, 5.41) is 1.37. The molecule has 1 rings (SSSR count). The highest BCUT2D eigenvalue weighted by atomic mass is 32.2. The highest BCUT2D eigenvalue weighted by Gasteiger charge is 2.25. The van der Waals surface area contributed by atoms with Crippen molar-refractivity contribution < 1.29 is 8.42 Å². The van der Waals surface area contributed by atoms with Gasteiger partial charge >= 0.3 is 0 Å². The van der Waals surface area contributed by atoms with Crippen LogP contribution in [0.4, 0.5) is 0 Å². The Morgan fingerprint density at radius 2 is 2.00 bits per heavy atom. The van der Waals surface area contributed by atoms with Gasteiger partial charge in [-0.15, -0.1) is 11.5 Å². The summed E-state index contributed by atoms with van der Waals surface area (Å²) in [6, 6.07) is 8.60. The van der Waals surface area contributed by atoms with Crippen molar-refractivity contribution in [1.29, 1.82) is 0 Å². The maximum absolute atomic E-state index is 11.7. The Labute approximate surface area is 94.2 Å². The smallest absolute Gasteiger partial charge is 0.204 e. The Balaban J connectivity index is 3.09. The number of nitrogens with one attached hydrogen (secondary N) is 1. The molecule has 0 amide bonds. The van der Waals surface area contributed by atoms with E-state index in [1.165, 1.54) is 6.08 Å². The zero-order valence-electron chi connectivity index (χ0n) is 8.54. The van der Waals surface area contributed by atoms with Gasteiger partial charge in [-0.25, -0.2) is 8.42 Å². The molecule has 5 nitrogen and oxygen atoms in total. The molecule has 0 spiro atoms. The van der Waals surface area contributed by atoms with Crippen LogP contribution in [0.25, 0.3) is 0 Å². The van der Waals surface area contributed by atoms with Gasteiger partial charge in [0, 0.05) is 0 Å². The molecule has 0 saturated carbocycles. The lowest BCUT2D eigenvalue weighted by atomic mass is 10.1. The highest BCUT2D eigenvalue weighted by Crippen LogP contribution is 2.25. The lowest BCUT2D eigenvalue weighted by Gasteiger charge is -2.14. The van der Waals surface area contributed by atoms with Crippen molar-refractivity contribution in [3.05, 3.63) is 53.5 Å². The Hall–Kier alpha value is -1.69. The number of sulfonamides is 1. The molecule has 16 heavy (non-hydrogen) atoms. The van der Waals surface area contributed by atoms with Crippen LogP contribution >= 0.6 is 0 Å². The summed E-state index contributed by atoms with van der Waals surface area (Å²) in [5.41, 5.74) is 0.596. The zero-order valence-corrected chi connectivity index (χ0v) is 9.35. The first-order valence-electron chi connectivity index (χ1n) is 4.60. The molecule has 1 N–H and O–H groups in total. The van der Waals surface area contributed by atoms with E-state index in [0.29, 0.717) is 5.56 Å². The molecule has 0 aliphatic heterocycles. The van der Waals surface area contributed by atoms with E-state index in [1.54, 1.807) is 35.2 Å². The van der Waals surface area contributed by atoms with E-state index in [-0.39, 0.29) is 6.42 Å². The van der Waals surface area contributed by atoms with Crippen molar-refractivity contribution >= 4 is 10.0 Å². The van der Waals surface area contributed by atoms with Crippen LogP contribution in [0, 0.1) is 4.91 Å². The molecule has 86 valence electrons. The molecular weight excluding hydrogens is 228 g/mol. The lowest BCUT2D eigenvalue weighted by molar-refractivity contribution is 0.569. The van der Waals surface area contributed by atoms with Gasteiger partial charge in [0.2, 0.25) is 0 Å². The van der Waals surface area contributed by atoms with Gasteiger partial charge in [0.15, 0.2) is 0 Å². The second-order valence-corrected chi connectivity index (χ2v) is 4.99. The van der Waals surface area contributed by atoms with Gasteiger partial charge in [-0.2, -0.15) is 4.83 Å². The zero-order chi connectivity index (χ0) is 12.0. The summed E-state index contributed by atoms with van der Waals surface area (Å²) in [6.07, 6.45) is 1.70. The van der Waals surface area contributed by atoms with Crippen LogP contribution < -0.4 is 4.83 Å². The quantitative estimate of drug-likeness (QED) is 0.468. The van der Waals surface area contributed by atoms with Crippen molar-refractivity contribution in [3.63, 3.8) is 0 Å². The summed E-state index contributed by atoms with van der Waals surface area (Å²) >= 11 is 0. The van der Waals surface area contributed by atoms with Crippen LogP contribution in [-0.4, -0.2) is 8.42 Å². The summed E-state index contributed by atoms with van der Waals surface area (Å²) in [7, 11) is -3.79. The molecule has 6 heteroatoms. The Morgan fingerprint density at radius 1 is 1.38 bits per heavy atom. The Bertz CT molecular complexity index is 456. The fraction of sp³-hybridized carbons (Fsp3) is 0.200. The van der Waals surface area contributed by atoms with Crippen LogP contribution in [0.15, 0.2) is 48.3 Å². The van der Waals surface area contributed by atoms with Crippen molar-refractivity contribution in [3.8, 4) is 0 Å². The minimum atomic E-state index is -3.79. The minimum absolute atomic E-state index is 0.217. The van der Waals surface area contributed by atoms with Gasteiger partial charge in [0.05, 0.1) is 5.29 Å². The van der Waals surface area contributed by atoms with Gasteiger partial charge in [-0.05, 0) is 12.0 Å². The average Bonchev–Trinajstić information content (AvgIpc) is 2.27. The standard InChI is InChI=1S/C10H12N2O3S/c1-2-6-10(16(14,15)12-11-13)9-7-4-3-5-8-9/h2-5,7-8,10H,1,6H2,(H,12,13). The predicted octanol–water partition coefficient (Wildman–Crippen LogP) is 1.90. The van der Waals surface area contributed by atoms with Gasteiger partial charge < -0.3 is 0 Å².